The van der Waals surface area contributed by atoms with E-state index in [1.54, 1.807) is 38.1 Å². The summed E-state index contributed by atoms with van der Waals surface area (Å²) >= 11 is 0. The molecule has 1 aromatic rings. The third-order valence-corrected chi connectivity index (χ3v) is 2.87. The Morgan fingerprint density at radius 3 is 2.55 bits per heavy atom. The standard InChI is InChI=1S/C14H21N3O3/c1-14(2,9-15)13(19)17-10-5-3-4-6-11(10)20-8-7-12(16)18/h3-6H,7-9,15H2,1-2H3,(H2,16,18)(H,17,19). The molecule has 0 atom stereocenters. The molecule has 0 aliphatic rings. The van der Waals surface area contributed by atoms with Gasteiger partial charge in [0, 0.05) is 6.54 Å². The van der Waals surface area contributed by atoms with Crippen LogP contribution in [-0.4, -0.2) is 25.0 Å². The van der Waals surface area contributed by atoms with Gasteiger partial charge in [-0.05, 0) is 26.0 Å². The molecule has 0 radical (unpaired) electrons. The van der Waals surface area contributed by atoms with Crippen LogP contribution in [0, 0.1) is 5.41 Å². The SMILES string of the molecule is CC(C)(CN)C(=O)Nc1ccccc1OCCC(N)=O. The van der Waals surface area contributed by atoms with Crippen molar-refractivity contribution in [1.82, 2.24) is 0 Å². The van der Waals surface area contributed by atoms with Crippen LogP contribution < -0.4 is 21.5 Å². The number of anilines is 1. The number of rotatable bonds is 7. The van der Waals surface area contributed by atoms with Crippen molar-refractivity contribution in [3.63, 3.8) is 0 Å². The predicted molar refractivity (Wildman–Crippen MR) is 77.2 cm³/mol. The van der Waals surface area contributed by atoms with Crippen LogP contribution >= 0.6 is 0 Å². The molecule has 0 spiro atoms. The minimum atomic E-state index is -0.666. The lowest BCUT2D eigenvalue weighted by Crippen LogP contribution is -2.37. The van der Waals surface area contributed by atoms with Gasteiger partial charge in [0.2, 0.25) is 11.8 Å². The summed E-state index contributed by atoms with van der Waals surface area (Å²) in [6.07, 6.45) is 0.122. The fourth-order valence-corrected chi connectivity index (χ4v) is 1.34. The Hall–Kier alpha value is -2.08. The van der Waals surface area contributed by atoms with Crippen LogP contribution in [0.25, 0.3) is 0 Å². The van der Waals surface area contributed by atoms with Gasteiger partial charge in [0.25, 0.3) is 0 Å². The monoisotopic (exact) mass is 279 g/mol. The van der Waals surface area contributed by atoms with E-state index < -0.39 is 11.3 Å². The number of ether oxygens (including phenoxy) is 1. The van der Waals surface area contributed by atoms with E-state index in [1.165, 1.54) is 0 Å². The van der Waals surface area contributed by atoms with Crippen LogP contribution in [0.4, 0.5) is 5.69 Å². The number of carbonyl (C=O) groups is 2. The normalized spacial score (nSPS) is 10.9. The number of primary amides is 1. The summed E-state index contributed by atoms with van der Waals surface area (Å²) in [5.41, 5.74) is 10.5. The highest BCUT2D eigenvalue weighted by molar-refractivity contribution is 5.96. The largest absolute Gasteiger partial charge is 0.491 e. The smallest absolute Gasteiger partial charge is 0.231 e. The van der Waals surface area contributed by atoms with Gasteiger partial charge in [-0.1, -0.05) is 12.1 Å². The molecule has 6 heteroatoms. The van der Waals surface area contributed by atoms with Gasteiger partial charge in [-0.25, -0.2) is 0 Å². The van der Waals surface area contributed by atoms with Crippen LogP contribution in [0.5, 0.6) is 5.75 Å². The summed E-state index contributed by atoms with van der Waals surface area (Å²) in [7, 11) is 0. The Labute approximate surface area is 118 Å². The minimum Gasteiger partial charge on any atom is -0.491 e. The summed E-state index contributed by atoms with van der Waals surface area (Å²) in [6.45, 7) is 3.93. The van der Waals surface area contributed by atoms with Crippen molar-refractivity contribution in [2.24, 2.45) is 16.9 Å². The average molecular weight is 279 g/mol. The number of nitrogens with two attached hydrogens (primary N) is 2. The Balaban J connectivity index is 2.75. The predicted octanol–water partition coefficient (Wildman–Crippen LogP) is 0.864. The van der Waals surface area contributed by atoms with E-state index in [-0.39, 0.29) is 25.5 Å². The van der Waals surface area contributed by atoms with Crippen molar-refractivity contribution in [2.75, 3.05) is 18.5 Å². The molecule has 1 rings (SSSR count). The Morgan fingerprint density at radius 1 is 1.30 bits per heavy atom. The van der Waals surface area contributed by atoms with Crippen molar-refractivity contribution in [3.8, 4) is 5.75 Å². The number of carbonyl (C=O) groups excluding carboxylic acids is 2. The topological polar surface area (TPSA) is 107 Å². The van der Waals surface area contributed by atoms with E-state index in [4.69, 9.17) is 16.2 Å². The van der Waals surface area contributed by atoms with Gasteiger partial charge in [-0.2, -0.15) is 0 Å². The first kappa shape index (κ1) is 16.0. The van der Waals surface area contributed by atoms with E-state index in [9.17, 15) is 9.59 Å². The summed E-state index contributed by atoms with van der Waals surface area (Å²) in [5.74, 6) is -0.128. The molecule has 20 heavy (non-hydrogen) atoms. The lowest BCUT2D eigenvalue weighted by Gasteiger charge is -2.22. The maximum Gasteiger partial charge on any atom is 0.231 e. The maximum atomic E-state index is 12.1. The number of hydrogen-bond acceptors (Lipinski definition) is 4. The summed E-state index contributed by atoms with van der Waals surface area (Å²) in [4.78, 5) is 22.8. The summed E-state index contributed by atoms with van der Waals surface area (Å²) < 4.78 is 5.45. The van der Waals surface area contributed by atoms with E-state index >= 15 is 0 Å². The van der Waals surface area contributed by atoms with Gasteiger partial charge < -0.3 is 21.5 Å². The van der Waals surface area contributed by atoms with E-state index in [2.05, 4.69) is 5.32 Å². The molecule has 110 valence electrons. The quantitative estimate of drug-likeness (QED) is 0.688. The van der Waals surface area contributed by atoms with Crippen LogP contribution in [0.1, 0.15) is 20.3 Å². The van der Waals surface area contributed by atoms with E-state index in [0.29, 0.717) is 11.4 Å². The first-order chi connectivity index (χ1) is 9.36. The van der Waals surface area contributed by atoms with Crippen molar-refractivity contribution in [2.45, 2.75) is 20.3 Å². The van der Waals surface area contributed by atoms with Gasteiger partial charge in [0.05, 0.1) is 24.1 Å². The summed E-state index contributed by atoms with van der Waals surface area (Å²) in [6, 6.07) is 7.01. The first-order valence-electron chi connectivity index (χ1n) is 6.38. The Bertz CT molecular complexity index is 486. The molecule has 0 saturated carbocycles. The lowest BCUT2D eigenvalue weighted by atomic mass is 9.92. The number of para-hydroxylation sites is 2. The lowest BCUT2D eigenvalue weighted by molar-refractivity contribution is -0.123. The second-order valence-corrected chi connectivity index (χ2v) is 5.10. The molecule has 0 heterocycles. The van der Waals surface area contributed by atoms with Crippen molar-refractivity contribution in [3.05, 3.63) is 24.3 Å². The average Bonchev–Trinajstić information content (AvgIpc) is 2.40. The van der Waals surface area contributed by atoms with Crippen molar-refractivity contribution >= 4 is 17.5 Å². The Kier molecular flexibility index (Phi) is 5.52. The van der Waals surface area contributed by atoms with Crippen molar-refractivity contribution in [1.29, 1.82) is 0 Å². The fraction of sp³-hybridized carbons (Fsp3) is 0.429. The summed E-state index contributed by atoms with van der Waals surface area (Å²) in [5, 5.41) is 2.78. The van der Waals surface area contributed by atoms with E-state index in [1.807, 2.05) is 0 Å². The van der Waals surface area contributed by atoms with Crippen LogP contribution in [0.15, 0.2) is 24.3 Å². The molecule has 0 aliphatic carbocycles. The number of hydrogen-bond donors (Lipinski definition) is 3. The molecule has 0 aliphatic heterocycles. The zero-order valence-corrected chi connectivity index (χ0v) is 11.8. The zero-order chi connectivity index (χ0) is 15.2. The molecule has 1 aromatic carbocycles. The third-order valence-electron chi connectivity index (χ3n) is 2.87. The highest BCUT2D eigenvalue weighted by Crippen LogP contribution is 2.26. The zero-order valence-electron chi connectivity index (χ0n) is 11.8. The molecule has 0 unspecified atom stereocenters. The van der Waals surface area contributed by atoms with Crippen molar-refractivity contribution < 1.29 is 14.3 Å². The minimum absolute atomic E-state index is 0.122. The molecule has 5 N–H and O–H groups in total. The third kappa shape index (κ3) is 4.55. The Morgan fingerprint density at radius 2 is 1.95 bits per heavy atom. The molecular formula is C14H21N3O3. The van der Waals surface area contributed by atoms with Crippen LogP contribution in [0.3, 0.4) is 0 Å². The molecule has 0 saturated heterocycles. The first-order valence-corrected chi connectivity index (χ1v) is 6.38. The number of benzene rings is 1. The van der Waals surface area contributed by atoms with Gasteiger partial charge in [-0.15, -0.1) is 0 Å². The number of nitrogens with one attached hydrogen (secondary N) is 1. The van der Waals surface area contributed by atoms with Gasteiger partial charge in [-0.3, -0.25) is 9.59 Å². The van der Waals surface area contributed by atoms with Crippen LogP contribution in [0.2, 0.25) is 0 Å². The maximum absolute atomic E-state index is 12.1. The second kappa shape index (κ2) is 6.91. The van der Waals surface area contributed by atoms with Gasteiger partial charge >= 0.3 is 0 Å². The molecule has 0 aromatic heterocycles. The fourth-order valence-electron chi connectivity index (χ4n) is 1.34. The molecule has 0 fully saturated rings. The molecule has 2 amide bonds. The van der Waals surface area contributed by atoms with E-state index in [0.717, 1.165) is 0 Å². The molecular weight excluding hydrogens is 258 g/mol. The highest BCUT2D eigenvalue weighted by atomic mass is 16.5. The van der Waals surface area contributed by atoms with Gasteiger partial charge in [0.15, 0.2) is 0 Å². The van der Waals surface area contributed by atoms with Crippen LogP contribution in [-0.2, 0) is 9.59 Å². The number of amides is 2. The highest BCUT2D eigenvalue weighted by Gasteiger charge is 2.26. The van der Waals surface area contributed by atoms with Gasteiger partial charge in [0.1, 0.15) is 5.75 Å². The molecule has 0 bridgehead atoms. The second-order valence-electron chi connectivity index (χ2n) is 5.10. The molecule has 6 nitrogen and oxygen atoms in total.